The van der Waals surface area contributed by atoms with E-state index in [4.69, 9.17) is 14.2 Å². The van der Waals surface area contributed by atoms with Crippen LogP contribution in [-0.4, -0.2) is 41.9 Å². The molecular weight excluding hydrogens is 346 g/mol. The molecular formula is C20H23N3O4. The van der Waals surface area contributed by atoms with Gasteiger partial charge in [-0.25, -0.2) is 4.79 Å². The number of amides is 2. The highest BCUT2D eigenvalue weighted by Gasteiger charge is 2.24. The van der Waals surface area contributed by atoms with Gasteiger partial charge in [0.15, 0.2) is 11.5 Å². The molecule has 2 aromatic rings. The molecule has 1 aromatic heterocycles. The first kappa shape index (κ1) is 17.6. The normalized spacial score (nSPS) is 18.4. The summed E-state index contributed by atoms with van der Waals surface area (Å²) in [6.07, 6.45) is 3.69. The van der Waals surface area contributed by atoms with E-state index in [9.17, 15) is 4.79 Å². The molecule has 1 N–H and O–H groups in total. The SMILES string of the molecule is O=C(NCc1ccc2c(c1)OCO2)N1CCC[C@@H](OCc2ccccn2)C1. The fourth-order valence-corrected chi connectivity index (χ4v) is 3.29. The standard InChI is InChI=1S/C20H23N3O4/c24-20(22-11-15-6-7-18-19(10-15)27-14-26-18)23-9-3-5-17(12-23)25-13-16-4-1-2-8-21-16/h1-2,4,6-8,10,17H,3,5,9,11-14H2,(H,22,24)/t17-/m1/s1. The van der Waals surface area contributed by atoms with Crippen molar-refractivity contribution in [1.29, 1.82) is 0 Å². The summed E-state index contributed by atoms with van der Waals surface area (Å²) in [5.74, 6) is 1.47. The zero-order valence-electron chi connectivity index (χ0n) is 15.1. The molecule has 0 unspecified atom stereocenters. The molecule has 0 radical (unpaired) electrons. The predicted octanol–water partition coefficient (Wildman–Crippen LogP) is 2.70. The van der Waals surface area contributed by atoms with Gasteiger partial charge in [-0.3, -0.25) is 4.98 Å². The molecule has 2 amide bonds. The number of ether oxygens (including phenoxy) is 3. The Morgan fingerprint density at radius 2 is 2.19 bits per heavy atom. The third kappa shape index (κ3) is 4.49. The Labute approximate surface area is 158 Å². The maximum atomic E-state index is 12.5. The average Bonchev–Trinajstić information content (AvgIpc) is 3.19. The number of hydrogen-bond donors (Lipinski definition) is 1. The Morgan fingerprint density at radius 3 is 3.07 bits per heavy atom. The number of pyridine rings is 1. The maximum absolute atomic E-state index is 12.5. The lowest BCUT2D eigenvalue weighted by atomic mass is 10.1. The molecule has 7 nitrogen and oxygen atoms in total. The zero-order chi connectivity index (χ0) is 18.5. The Kier molecular flexibility index (Phi) is 5.39. The van der Waals surface area contributed by atoms with Gasteiger partial charge in [-0.05, 0) is 42.7 Å². The number of nitrogens with zero attached hydrogens (tertiary/aromatic N) is 2. The molecule has 0 saturated carbocycles. The summed E-state index contributed by atoms with van der Waals surface area (Å²) in [4.78, 5) is 18.6. The van der Waals surface area contributed by atoms with Gasteiger partial charge < -0.3 is 24.4 Å². The predicted molar refractivity (Wildman–Crippen MR) is 98.4 cm³/mol. The second kappa shape index (κ2) is 8.26. The summed E-state index contributed by atoms with van der Waals surface area (Å²) in [6, 6.07) is 11.4. The van der Waals surface area contributed by atoms with Crippen LogP contribution in [0.15, 0.2) is 42.6 Å². The number of likely N-dealkylation sites (tertiary alicyclic amines) is 1. The Hall–Kier alpha value is -2.80. The summed E-state index contributed by atoms with van der Waals surface area (Å²) in [5.41, 5.74) is 1.88. The molecule has 2 aliphatic rings. The fourth-order valence-electron chi connectivity index (χ4n) is 3.29. The van der Waals surface area contributed by atoms with Gasteiger partial charge in [0.25, 0.3) is 0 Å². The number of aromatic nitrogens is 1. The number of rotatable bonds is 5. The lowest BCUT2D eigenvalue weighted by Crippen LogP contribution is -2.47. The van der Waals surface area contributed by atoms with Crippen LogP contribution in [0.25, 0.3) is 0 Å². The molecule has 0 aliphatic carbocycles. The van der Waals surface area contributed by atoms with E-state index < -0.39 is 0 Å². The van der Waals surface area contributed by atoms with E-state index in [-0.39, 0.29) is 18.9 Å². The highest BCUT2D eigenvalue weighted by Crippen LogP contribution is 2.32. The van der Waals surface area contributed by atoms with Crippen molar-refractivity contribution in [2.24, 2.45) is 0 Å². The van der Waals surface area contributed by atoms with Gasteiger partial charge in [-0.2, -0.15) is 0 Å². The Morgan fingerprint density at radius 1 is 1.26 bits per heavy atom. The molecule has 0 bridgehead atoms. The Balaban J connectivity index is 1.25. The number of urea groups is 1. The lowest BCUT2D eigenvalue weighted by Gasteiger charge is -2.32. The summed E-state index contributed by atoms with van der Waals surface area (Å²) >= 11 is 0. The third-order valence-corrected chi connectivity index (χ3v) is 4.74. The van der Waals surface area contributed by atoms with Gasteiger partial charge in [-0.1, -0.05) is 12.1 Å². The molecule has 1 aromatic carbocycles. The molecule has 142 valence electrons. The van der Waals surface area contributed by atoms with Gasteiger partial charge in [0.1, 0.15) is 0 Å². The fraction of sp³-hybridized carbons (Fsp3) is 0.400. The van der Waals surface area contributed by atoms with Crippen molar-refractivity contribution in [2.45, 2.75) is 32.1 Å². The minimum atomic E-state index is -0.0706. The summed E-state index contributed by atoms with van der Waals surface area (Å²) in [7, 11) is 0. The van der Waals surface area contributed by atoms with Crippen LogP contribution in [0.4, 0.5) is 4.79 Å². The molecule has 1 atom stereocenters. The van der Waals surface area contributed by atoms with Crippen LogP contribution in [0.5, 0.6) is 11.5 Å². The molecule has 7 heteroatoms. The first-order valence-electron chi connectivity index (χ1n) is 9.21. The van der Waals surface area contributed by atoms with E-state index in [0.29, 0.717) is 19.7 Å². The van der Waals surface area contributed by atoms with Gasteiger partial charge in [0.05, 0.1) is 18.4 Å². The number of piperidine rings is 1. The van der Waals surface area contributed by atoms with Crippen molar-refractivity contribution in [2.75, 3.05) is 19.9 Å². The second-order valence-corrected chi connectivity index (χ2v) is 6.69. The highest BCUT2D eigenvalue weighted by molar-refractivity contribution is 5.74. The van der Waals surface area contributed by atoms with Crippen molar-refractivity contribution in [1.82, 2.24) is 15.2 Å². The molecule has 1 fully saturated rings. The van der Waals surface area contributed by atoms with E-state index in [1.165, 1.54) is 0 Å². The smallest absolute Gasteiger partial charge is 0.317 e. The van der Waals surface area contributed by atoms with Crippen LogP contribution >= 0.6 is 0 Å². The summed E-state index contributed by atoms with van der Waals surface area (Å²) < 4.78 is 16.6. The first-order chi connectivity index (χ1) is 13.3. The van der Waals surface area contributed by atoms with Gasteiger partial charge in [0, 0.05) is 25.8 Å². The van der Waals surface area contributed by atoms with Crippen molar-refractivity contribution < 1.29 is 19.0 Å². The lowest BCUT2D eigenvalue weighted by molar-refractivity contribution is -0.00168. The molecule has 2 aliphatic heterocycles. The molecule has 27 heavy (non-hydrogen) atoms. The minimum absolute atomic E-state index is 0.0389. The summed E-state index contributed by atoms with van der Waals surface area (Å²) in [6.45, 7) is 2.51. The van der Waals surface area contributed by atoms with Crippen LogP contribution < -0.4 is 14.8 Å². The average molecular weight is 369 g/mol. The summed E-state index contributed by atoms with van der Waals surface area (Å²) in [5, 5.41) is 2.98. The van der Waals surface area contributed by atoms with Crippen LogP contribution in [0.3, 0.4) is 0 Å². The van der Waals surface area contributed by atoms with Crippen LogP contribution in [0.2, 0.25) is 0 Å². The molecule has 4 rings (SSSR count). The second-order valence-electron chi connectivity index (χ2n) is 6.69. The Bertz CT molecular complexity index is 784. The highest BCUT2D eigenvalue weighted by atomic mass is 16.7. The zero-order valence-corrected chi connectivity index (χ0v) is 15.1. The molecule has 0 spiro atoms. The monoisotopic (exact) mass is 369 g/mol. The van der Waals surface area contributed by atoms with Crippen LogP contribution in [0.1, 0.15) is 24.1 Å². The number of benzene rings is 1. The first-order valence-corrected chi connectivity index (χ1v) is 9.21. The van der Waals surface area contributed by atoms with E-state index in [1.807, 2.05) is 41.3 Å². The van der Waals surface area contributed by atoms with E-state index in [1.54, 1.807) is 6.20 Å². The van der Waals surface area contributed by atoms with Crippen LogP contribution in [0, 0.1) is 0 Å². The van der Waals surface area contributed by atoms with Gasteiger partial charge >= 0.3 is 6.03 Å². The van der Waals surface area contributed by atoms with Crippen molar-refractivity contribution in [3.8, 4) is 11.5 Å². The maximum Gasteiger partial charge on any atom is 0.317 e. The van der Waals surface area contributed by atoms with E-state index in [2.05, 4.69) is 10.3 Å². The van der Waals surface area contributed by atoms with Gasteiger partial charge in [0.2, 0.25) is 6.79 Å². The van der Waals surface area contributed by atoms with Crippen molar-refractivity contribution >= 4 is 6.03 Å². The number of nitrogens with one attached hydrogen (secondary N) is 1. The minimum Gasteiger partial charge on any atom is -0.454 e. The number of fused-ring (bicyclic) bond motifs is 1. The largest absolute Gasteiger partial charge is 0.454 e. The van der Waals surface area contributed by atoms with Gasteiger partial charge in [-0.15, -0.1) is 0 Å². The van der Waals surface area contributed by atoms with Crippen molar-refractivity contribution in [3.63, 3.8) is 0 Å². The quantitative estimate of drug-likeness (QED) is 0.877. The number of carbonyl (C=O) groups excluding carboxylic acids is 1. The molecule has 3 heterocycles. The van der Waals surface area contributed by atoms with E-state index >= 15 is 0 Å². The van der Waals surface area contributed by atoms with Crippen molar-refractivity contribution in [3.05, 3.63) is 53.9 Å². The van der Waals surface area contributed by atoms with Crippen LogP contribution in [-0.2, 0) is 17.9 Å². The number of carbonyl (C=O) groups is 1. The third-order valence-electron chi connectivity index (χ3n) is 4.74. The topological polar surface area (TPSA) is 72.9 Å². The van der Waals surface area contributed by atoms with E-state index in [0.717, 1.165) is 42.1 Å². The molecule has 1 saturated heterocycles. The number of hydrogen-bond acceptors (Lipinski definition) is 5.